The first-order valence-corrected chi connectivity index (χ1v) is 33.2. The molecule has 4 nitrogen and oxygen atoms in total. The summed E-state index contributed by atoms with van der Waals surface area (Å²) in [6, 6.07) is -0.638. The van der Waals surface area contributed by atoms with Crippen LogP contribution in [-0.4, -0.2) is 34.9 Å². The smallest absolute Gasteiger partial charge is 0.220 e. The normalized spacial score (nSPS) is 12.9. The van der Waals surface area contributed by atoms with Gasteiger partial charge in [-0.2, -0.15) is 0 Å². The number of hydrogen-bond acceptors (Lipinski definition) is 3. The molecule has 0 radical (unpaired) electrons. The van der Waals surface area contributed by atoms with Gasteiger partial charge in [0, 0.05) is 6.42 Å². The monoisotopic (exact) mass is 1010 g/mol. The maximum Gasteiger partial charge on any atom is 0.220 e. The molecule has 0 rings (SSSR count). The van der Waals surface area contributed by atoms with Crippen LogP contribution in [0.1, 0.15) is 373 Å². The van der Waals surface area contributed by atoms with E-state index in [4.69, 9.17) is 0 Å². The Kier molecular flexibility index (Phi) is 62.7. The van der Waals surface area contributed by atoms with Crippen molar-refractivity contribution in [3.05, 3.63) is 36.5 Å². The maximum atomic E-state index is 12.5. The summed E-state index contributed by atoms with van der Waals surface area (Å²) in [5.41, 5.74) is 0. The van der Waals surface area contributed by atoms with Crippen LogP contribution in [0, 0.1) is 0 Å². The molecule has 1 amide bonds. The van der Waals surface area contributed by atoms with Gasteiger partial charge in [0.15, 0.2) is 0 Å². The Balaban J connectivity index is 3.41. The molecule has 4 heteroatoms. The van der Waals surface area contributed by atoms with Crippen LogP contribution in [0.5, 0.6) is 0 Å². The van der Waals surface area contributed by atoms with E-state index < -0.39 is 12.1 Å². The van der Waals surface area contributed by atoms with Crippen molar-refractivity contribution < 1.29 is 15.0 Å². The van der Waals surface area contributed by atoms with Crippen LogP contribution >= 0.6 is 0 Å². The third-order valence-electron chi connectivity index (χ3n) is 15.6. The fraction of sp³-hybridized carbons (Fsp3) is 0.897. The Hall–Kier alpha value is -1.39. The number of rotatable bonds is 62. The fourth-order valence-electron chi connectivity index (χ4n) is 10.5. The minimum atomic E-state index is -0.861. The molecule has 0 bridgehead atoms. The molecule has 0 saturated heterocycles. The number of carbonyl (C=O) groups is 1. The zero-order valence-corrected chi connectivity index (χ0v) is 49.2. The lowest BCUT2D eigenvalue weighted by Gasteiger charge is -2.19. The average Bonchev–Trinajstić information content (AvgIpc) is 3.39. The average molecular weight is 1010 g/mol. The van der Waals surface area contributed by atoms with Gasteiger partial charge in [-0.3, -0.25) is 4.79 Å². The number of nitrogens with one attached hydrogen (secondary N) is 1. The molecule has 0 heterocycles. The Morgan fingerprint density at radius 1 is 0.319 bits per heavy atom. The van der Waals surface area contributed by atoms with Crippen LogP contribution in [0.3, 0.4) is 0 Å². The van der Waals surface area contributed by atoms with E-state index in [0.717, 1.165) is 32.1 Å². The van der Waals surface area contributed by atoms with Crippen LogP contribution in [-0.2, 0) is 4.79 Å². The molecular formula is C68H131NO3. The number of hydrogen-bond donors (Lipinski definition) is 3. The van der Waals surface area contributed by atoms with Gasteiger partial charge >= 0.3 is 0 Å². The molecule has 0 aromatic heterocycles. The van der Waals surface area contributed by atoms with E-state index in [1.807, 2.05) is 6.08 Å². The van der Waals surface area contributed by atoms with Crippen LogP contribution in [0.2, 0.25) is 0 Å². The standard InChI is InChI=1S/C68H131NO3/c1-3-5-7-9-11-13-15-17-19-21-23-25-26-27-28-29-30-31-32-33-34-35-36-37-38-39-40-41-42-44-46-48-50-52-54-56-58-60-62-64-68(72)69-66(65-70)67(71)63-61-59-57-55-53-51-49-47-45-43-24-22-20-18-16-14-12-10-8-6-4-2/h21,23,53,55,61,63,66-67,70-71H,3-20,22,24-52,54,56-60,62,64-65H2,1-2H3,(H,69,72)/b23-21-,55-53+,63-61+. The molecule has 0 aliphatic carbocycles. The molecule has 0 fully saturated rings. The first kappa shape index (κ1) is 70.6. The lowest BCUT2D eigenvalue weighted by Crippen LogP contribution is -2.45. The van der Waals surface area contributed by atoms with E-state index in [-0.39, 0.29) is 12.5 Å². The third-order valence-corrected chi connectivity index (χ3v) is 15.6. The summed E-state index contributed by atoms with van der Waals surface area (Å²) >= 11 is 0. The van der Waals surface area contributed by atoms with Gasteiger partial charge in [0.05, 0.1) is 18.8 Å². The van der Waals surface area contributed by atoms with Gasteiger partial charge in [-0.15, -0.1) is 0 Å². The van der Waals surface area contributed by atoms with Gasteiger partial charge in [0.25, 0.3) is 0 Å². The quantitative estimate of drug-likeness (QED) is 0.0420. The van der Waals surface area contributed by atoms with Crippen LogP contribution in [0.25, 0.3) is 0 Å². The van der Waals surface area contributed by atoms with Gasteiger partial charge in [-0.25, -0.2) is 0 Å². The molecule has 0 aromatic rings. The molecule has 0 aromatic carbocycles. The van der Waals surface area contributed by atoms with E-state index in [9.17, 15) is 15.0 Å². The predicted molar refractivity (Wildman–Crippen MR) is 322 cm³/mol. The number of unbranched alkanes of at least 4 members (excludes halogenated alkanes) is 51. The highest BCUT2D eigenvalue weighted by Crippen LogP contribution is 2.18. The summed E-state index contributed by atoms with van der Waals surface area (Å²) in [7, 11) is 0. The number of carbonyl (C=O) groups excluding carboxylic acids is 1. The Labute approximate surface area is 452 Å². The van der Waals surface area contributed by atoms with Gasteiger partial charge in [0.1, 0.15) is 0 Å². The Bertz CT molecular complexity index is 1100. The van der Waals surface area contributed by atoms with Crippen molar-refractivity contribution in [3.8, 4) is 0 Å². The van der Waals surface area contributed by atoms with E-state index >= 15 is 0 Å². The van der Waals surface area contributed by atoms with Crippen molar-refractivity contribution in [1.82, 2.24) is 5.32 Å². The van der Waals surface area contributed by atoms with E-state index in [1.165, 1.54) is 321 Å². The molecular weight excluding hydrogens is 879 g/mol. The lowest BCUT2D eigenvalue weighted by molar-refractivity contribution is -0.123. The number of aliphatic hydroxyl groups is 2. The molecule has 3 N–H and O–H groups in total. The predicted octanol–water partition coefficient (Wildman–Crippen LogP) is 22.4. The second-order valence-electron chi connectivity index (χ2n) is 22.9. The lowest BCUT2D eigenvalue weighted by atomic mass is 10.0. The topological polar surface area (TPSA) is 69.6 Å². The van der Waals surface area contributed by atoms with Gasteiger partial charge in [0.2, 0.25) is 5.91 Å². The first-order chi connectivity index (χ1) is 35.7. The van der Waals surface area contributed by atoms with Crippen molar-refractivity contribution in [2.45, 2.75) is 386 Å². The van der Waals surface area contributed by atoms with Crippen LogP contribution in [0.4, 0.5) is 0 Å². The van der Waals surface area contributed by atoms with Gasteiger partial charge in [-0.05, 0) is 57.8 Å². The van der Waals surface area contributed by atoms with E-state index in [1.54, 1.807) is 6.08 Å². The molecule has 0 saturated carbocycles. The number of aliphatic hydroxyl groups excluding tert-OH is 2. The van der Waals surface area contributed by atoms with E-state index in [2.05, 4.69) is 43.5 Å². The largest absolute Gasteiger partial charge is 0.394 e. The first-order valence-electron chi connectivity index (χ1n) is 33.2. The Morgan fingerprint density at radius 2 is 0.542 bits per heavy atom. The zero-order chi connectivity index (χ0) is 52.0. The van der Waals surface area contributed by atoms with Crippen molar-refractivity contribution in [2.24, 2.45) is 0 Å². The second-order valence-corrected chi connectivity index (χ2v) is 22.9. The maximum absolute atomic E-state index is 12.5. The molecule has 426 valence electrons. The molecule has 2 atom stereocenters. The minimum absolute atomic E-state index is 0.0660. The highest BCUT2D eigenvalue weighted by molar-refractivity contribution is 5.76. The van der Waals surface area contributed by atoms with Crippen molar-refractivity contribution in [2.75, 3.05) is 6.61 Å². The fourth-order valence-corrected chi connectivity index (χ4v) is 10.5. The van der Waals surface area contributed by atoms with Crippen molar-refractivity contribution >= 4 is 5.91 Å². The summed E-state index contributed by atoms with van der Waals surface area (Å²) in [6.45, 7) is 4.34. The van der Waals surface area contributed by atoms with Gasteiger partial charge in [-0.1, -0.05) is 346 Å². The van der Waals surface area contributed by atoms with Crippen LogP contribution < -0.4 is 5.32 Å². The third kappa shape index (κ3) is 59.5. The molecule has 0 aliphatic rings. The number of amides is 1. The number of allylic oxidation sites excluding steroid dienone is 5. The summed E-state index contributed by atoms with van der Waals surface area (Å²) in [5.74, 6) is -0.0660. The SMILES string of the molecule is CCCCCCCCCC/C=C\CCCCCCCCCCCCCCCCCCCCCCCCCCCCCC(=O)NC(CO)C(O)/C=C/CC/C=C/CCCCCCCCCCCCCCCCC. The highest BCUT2D eigenvalue weighted by atomic mass is 16.3. The van der Waals surface area contributed by atoms with E-state index in [0.29, 0.717) is 6.42 Å². The summed E-state index contributed by atoms with van der Waals surface area (Å²) < 4.78 is 0. The molecule has 0 aliphatic heterocycles. The molecule has 72 heavy (non-hydrogen) atoms. The molecule has 2 unspecified atom stereocenters. The molecule has 0 spiro atoms. The summed E-state index contributed by atoms with van der Waals surface area (Å²) in [6.07, 6.45) is 88.0. The van der Waals surface area contributed by atoms with Crippen molar-refractivity contribution in [1.29, 1.82) is 0 Å². The van der Waals surface area contributed by atoms with Crippen LogP contribution in [0.15, 0.2) is 36.5 Å². The Morgan fingerprint density at radius 3 is 0.806 bits per heavy atom. The highest BCUT2D eigenvalue weighted by Gasteiger charge is 2.18. The second kappa shape index (κ2) is 63.9. The van der Waals surface area contributed by atoms with Gasteiger partial charge < -0.3 is 15.5 Å². The minimum Gasteiger partial charge on any atom is -0.394 e. The zero-order valence-electron chi connectivity index (χ0n) is 49.2. The summed E-state index contributed by atoms with van der Waals surface area (Å²) in [4.78, 5) is 12.5. The van der Waals surface area contributed by atoms with Crippen molar-refractivity contribution in [3.63, 3.8) is 0 Å². The summed E-state index contributed by atoms with van der Waals surface area (Å²) in [5, 5.41) is 23.2.